The van der Waals surface area contributed by atoms with Crippen molar-refractivity contribution < 1.29 is 27.4 Å². The Bertz CT molecular complexity index is 1240. The third-order valence-electron chi connectivity index (χ3n) is 6.09. The number of alkyl halides is 3. The maximum atomic E-state index is 14.0. The summed E-state index contributed by atoms with van der Waals surface area (Å²) in [6.07, 6.45) is -3.06. The molecule has 1 aliphatic rings. The zero-order valence-electron chi connectivity index (χ0n) is 20.1. The molecule has 12 heteroatoms. The van der Waals surface area contributed by atoms with Crippen molar-refractivity contribution in [2.45, 2.75) is 38.1 Å². The van der Waals surface area contributed by atoms with Crippen LogP contribution in [0.15, 0.2) is 30.5 Å². The van der Waals surface area contributed by atoms with Crippen LogP contribution in [0, 0.1) is 6.92 Å². The maximum absolute atomic E-state index is 14.0. The number of carbonyl (C=O) groups is 1. The van der Waals surface area contributed by atoms with Crippen molar-refractivity contribution in [3.8, 4) is 11.5 Å². The number of carbonyl (C=O) groups excluding carboxylic acids is 1. The number of amides is 1. The quantitative estimate of drug-likeness (QED) is 0.562. The molecule has 0 aliphatic carbocycles. The second-order valence-corrected chi connectivity index (χ2v) is 8.54. The van der Waals surface area contributed by atoms with Gasteiger partial charge in [-0.2, -0.15) is 23.4 Å². The lowest BCUT2D eigenvalue weighted by Gasteiger charge is -2.33. The SMILES string of the molecule is COc1ccc([C@H]2C[C@@H](C(F)(F)F)n3nc(C(=O)N(C)Cc4cn(C)nc4C)cc3N2)cc1OC. The molecule has 0 fully saturated rings. The molecule has 3 aromatic rings. The summed E-state index contributed by atoms with van der Waals surface area (Å²) in [6.45, 7) is 2.08. The Balaban J connectivity index is 1.63. The van der Waals surface area contributed by atoms with Gasteiger partial charge < -0.3 is 19.7 Å². The van der Waals surface area contributed by atoms with E-state index in [2.05, 4.69) is 15.5 Å². The Kier molecular flexibility index (Phi) is 6.39. The Labute approximate surface area is 200 Å². The average Bonchev–Trinajstić information content (AvgIpc) is 3.38. The van der Waals surface area contributed by atoms with E-state index in [1.54, 1.807) is 43.2 Å². The van der Waals surface area contributed by atoms with Gasteiger partial charge in [0.05, 0.1) is 26.0 Å². The number of anilines is 1. The van der Waals surface area contributed by atoms with E-state index in [4.69, 9.17) is 9.47 Å². The van der Waals surface area contributed by atoms with E-state index in [-0.39, 0.29) is 24.5 Å². The van der Waals surface area contributed by atoms with Crippen LogP contribution in [0.3, 0.4) is 0 Å². The third kappa shape index (κ3) is 4.77. The monoisotopic (exact) mass is 492 g/mol. The van der Waals surface area contributed by atoms with Gasteiger partial charge in [-0.1, -0.05) is 6.07 Å². The van der Waals surface area contributed by atoms with E-state index >= 15 is 0 Å². The van der Waals surface area contributed by atoms with Crippen molar-refractivity contribution in [3.63, 3.8) is 0 Å². The number of rotatable bonds is 6. The number of nitrogens with one attached hydrogen (secondary N) is 1. The first kappa shape index (κ1) is 24.4. The van der Waals surface area contributed by atoms with Crippen LogP contribution in [0.4, 0.5) is 19.0 Å². The highest BCUT2D eigenvalue weighted by Crippen LogP contribution is 2.44. The van der Waals surface area contributed by atoms with E-state index in [0.717, 1.165) is 15.9 Å². The smallest absolute Gasteiger partial charge is 0.410 e. The summed E-state index contributed by atoms with van der Waals surface area (Å²) < 4.78 is 55.1. The molecule has 1 N–H and O–H groups in total. The molecule has 0 spiro atoms. The number of benzene rings is 1. The van der Waals surface area contributed by atoms with Crippen LogP contribution in [0.25, 0.3) is 0 Å². The fourth-order valence-electron chi connectivity index (χ4n) is 4.29. The van der Waals surface area contributed by atoms with E-state index in [1.807, 2.05) is 6.92 Å². The van der Waals surface area contributed by atoms with Crippen LogP contribution in [0.5, 0.6) is 11.5 Å². The molecule has 0 unspecified atom stereocenters. The number of hydrogen-bond acceptors (Lipinski definition) is 6. The lowest BCUT2D eigenvalue weighted by molar-refractivity contribution is -0.173. The van der Waals surface area contributed by atoms with Gasteiger partial charge in [0.15, 0.2) is 23.2 Å². The van der Waals surface area contributed by atoms with Crippen LogP contribution < -0.4 is 14.8 Å². The molecule has 2 atom stereocenters. The molecule has 1 aromatic carbocycles. The number of methoxy groups -OCH3 is 2. The summed E-state index contributed by atoms with van der Waals surface area (Å²) in [5, 5.41) is 11.4. The van der Waals surface area contributed by atoms with Crippen LogP contribution >= 0.6 is 0 Å². The fraction of sp³-hybridized carbons (Fsp3) is 0.435. The highest BCUT2D eigenvalue weighted by Gasteiger charge is 2.47. The summed E-state index contributed by atoms with van der Waals surface area (Å²) in [4.78, 5) is 14.4. The molecule has 4 rings (SSSR count). The minimum Gasteiger partial charge on any atom is -0.493 e. The lowest BCUT2D eigenvalue weighted by Crippen LogP contribution is -2.36. The molecule has 9 nitrogen and oxygen atoms in total. The van der Waals surface area contributed by atoms with Crippen LogP contribution in [-0.4, -0.2) is 57.8 Å². The molecule has 0 bridgehead atoms. The third-order valence-corrected chi connectivity index (χ3v) is 6.09. The number of fused-ring (bicyclic) bond motifs is 1. The number of hydrogen-bond donors (Lipinski definition) is 1. The molecular weight excluding hydrogens is 465 g/mol. The van der Waals surface area contributed by atoms with Gasteiger partial charge in [-0.05, 0) is 24.6 Å². The second kappa shape index (κ2) is 9.16. The van der Waals surface area contributed by atoms with E-state index in [1.165, 1.54) is 25.2 Å². The standard InChI is InChI=1S/C23H27F3N6O3/c1-13-15(12-31(3)28-13)11-30(2)22(33)17-10-21-27-16(9-20(23(24,25)26)32(21)29-17)14-6-7-18(34-4)19(8-14)35-5/h6-8,10,12,16,20,27H,9,11H2,1-5H3/t16-,20+/m1/s1. The maximum Gasteiger partial charge on any atom is 0.410 e. The highest BCUT2D eigenvalue weighted by molar-refractivity contribution is 5.93. The first-order valence-electron chi connectivity index (χ1n) is 10.9. The van der Waals surface area contributed by atoms with Crippen molar-refractivity contribution in [1.82, 2.24) is 24.5 Å². The first-order chi connectivity index (χ1) is 16.5. The molecular formula is C23H27F3N6O3. The summed E-state index contributed by atoms with van der Waals surface area (Å²) in [5.74, 6) is 0.523. The summed E-state index contributed by atoms with van der Waals surface area (Å²) in [5.41, 5.74) is 2.14. The minimum absolute atomic E-state index is 0.0706. The number of ether oxygens (including phenoxy) is 2. The average molecular weight is 493 g/mol. The molecule has 0 saturated carbocycles. The van der Waals surface area contributed by atoms with Crippen LogP contribution in [0.2, 0.25) is 0 Å². The molecule has 1 amide bonds. The molecule has 1 aliphatic heterocycles. The van der Waals surface area contributed by atoms with Crippen LogP contribution in [0.1, 0.15) is 45.8 Å². The van der Waals surface area contributed by atoms with Crippen molar-refractivity contribution in [1.29, 1.82) is 0 Å². The molecule has 0 saturated heterocycles. The van der Waals surface area contributed by atoms with E-state index < -0.39 is 24.2 Å². The number of aryl methyl sites for hydroxylation is 2. The Hall–Kier alpha value is -3.70. The van der Waals surface area contributed by atoms with Gasteiger partial charge in [0.2, 0.25) is 0 Å². The van der Waals surface area contributed by atoms with Crippen LogP contribution in [-0.2, 0) is 13.6 Å². The molecule has 3 heterocycles. The lowest BCUT2D eigenvalue weighted by atomic mass is 9.96. The van der Waals surface area contributed by atoms with Gasteiger partial charge in [0, 0.05) is 44.9 Å². The van der Waals surface area contributed by atoms with Gasteiger partial charge in [0.1, 0.15) is 5.82 Å². The number of nitrogens with zero attached hydrogens (tertiary/aromatic N) is 5. The zero-order chi connectivity index (χ0) is 25.5. The minimum atomic E-state index is -4.56. The molecule has 188 valence electrons. The van der Waals surface area contributed by atoms with Crippen molar-refractivity contribution in [2.24, 2.45) is 7.05 Å². The topological polar surface area (TPSA) is 86.4 Å². The molecule has 2 aromatic heterocycles. The van der Waals surface area contributed by atoms with E-state index in [0.29, 0.717) is 17.1 Å². The largest absolute Gasteiger partial charge is 0.493 e. The van der Waals surface area contributed by atoms with Crippen molar-refractivity contribution in [2.75, 3.05) is 26.6 Å². The van der Waals surface area contributed by atoms with Crippen molar-refractivity contribution in [3.05, 3.63) is 53.0 Å². The molecule has 0 radical (unpaired) electrons. The Morgan fingerprint density at radius 2 is 1.91 bits per heavy atom. The van der Waals surface area contributed by atoms with E-state index in [9.17, 15) is 18.0 Å². The summed E-state index contributed by atoms with van der Waals surface area (Å²) >= 11 is 0. The highest BCUT2D eigenvalue weighted by atomic mass is 19.4. The fourth-order valence-corrected chi connectivity index (χ4v) is 4.29. The summed E-state index contributed by atoms with van der Waals surface area (Å²) in [6, 6.07) is 3.77. The normalized spacial score (nSPS) is 17.5. The number of aromatic nitrogens is 4. The summed E-state index contributed by atoms with van der Waals surface area (Å²) in [7, 11) is 6.30. The number of halogens is 3. The van der Waals surface area contributed by atoms with Crippen molar-refractivity contribution >= 4 is 11.7 Å². The van der Waals surface area contributed by atoms with Gasteiger partial charge in [-0.15, -0.1) is 0 Å². The predicted molar refractivity (Wildman–Crippen MR) is 122 cm³/mol. The van der Waals surface area contributed by atoms with Gasteiger partial charge in [-0.3, -0.25) is 9.48 Å². The Morgan fingerprint density at radius 3 is 2.51 bits per heavy atom. The van der Waals surface area contributed by atoms with Gasteiger partial charge >= 0.3 is 6.18 Å². The molecule has 35 heavy (non-hydrogen) atoms. The zero-order valence-corrected chi connectivity index (χ0v) is 20.1. The predicted octanol–water partition coefficient (Wildman–Crippen LogP) is 3.87. The van der Waals surface area contributed by atoms with Gasteiger partial charge in [0.25, 0.3) is 5.91 Å². The first-order valence-corrected chi connectivity index (χ1v) is 10.9. The van der Waals surface area contributed by atoms with Gasteiger partial charge in [-0.25, -0.2) is 4.68 Å². The Morgan fingerprint density at radius 1 is 1.20 bits per heavy atom. The second-order valence-electron chi connectivity index (χ2n) is 8.54.